The Kier molecular flexibility index (Phi) is 3.25. The second-order valence-electron chi connectivity index (χ2n) is 3.14. The number of alkyl halides is 1. The number of carbonyl (C=O) groups is 3. The van der Waals surface area contributed by atoms with E-state index in [1.54, 1.807) is 0 Å². The van der Waals surface area contributed by atoms with Crippen LogP contribution < -0.4 is 10.6 Å². The highest BCUT2D eigenvalue weighted by atomic mass is 79.9. The Morgan fingerprint density at radius 1 is 1.21 bits per heavy atom. The highest BCUT2D eigenvalue weighted by Crippen LogP contribution is 2.27. The van der Waals surface area contributed by atoms with Crippen LogP contribution in [0.25, 0.3) is 0 Å². The van der Waals surface area contributed by atoms with Crippen molar-refractivity contribution in [3.8, 4) is 0 Å². The minimum absolute atomic E-state index is 0.383. The molecule has 14 heavy (non-hydrogen) atoms. The molecule has 5 nitrogen and oxygen atoms in total. The summed E-state index contributed by atoms with van der Waals surface area (Å²) in [7, 11) is 0. The molecule has 4 amide bonds. The Morgan fingerprint density at radius 2 is 1.71 bits per heavy atom. The maximum atomic E-state index is 11.4. The first-order valence-electron chi connectivity index (χ1n) is 4.36. The van der Waals surface area contributed by atoms with Crippen LogP contribution in [-0.4, -0.2) is 22.2 Å². The third-order valence-corrected chi connectivity index (χ3v) is 3.17. The van der Waals surface area contributed by atoms with Gasteiger partial charge < -0.3 is 0 Å². The lowest BCUT2D eigenvalue weighted by Gasteiger charge is -2.28. The predicted molar refractivity (Wildman–Crippen MR) is 52.9 cm³/mol. The lowest BCUT2D eigenvalue weighted by atomic mass is 9.99. The maximum Gasteiger partial charge on any atom is 0.328 e. The predicted octanol–water partition coefficient (Wildman–Crippen LogP) is 0.676. The second-order valence-corrected chi connectivity index (χ2v) is 4.50. The fourth-order valence-corrected chi connectivity index (χ4v) is 1.66. The minimum Gasteiger partial charge on any atom is -0.276 e. The monoisotopic (exact) mass is 262 g/mol. The first-order valence-corrected chi connectivity index (χ1v) is 5.16. The summed E-state index contributed by atoms with van der Waals surface area (Å²) in [6, 6.07) is -0.758. The van der Waals surface area contributed by atoms with E-state index < -0.39 is 22.2 Å². The van der Waals surface area contributed by atoms with E-state index in [9.17, 15) is 14.4 Å². The van der Waals surface area contributed by atoms with Gasteiger partial charge in [-0.15, -0.1) is 0 Å². The van der Waals surface area contributed by atoms with Crippen molar-refractivity contribution in [3.05, 3.63) is 0 Å². The van der Waals surface area contributed by atoms with E-state index in [-0.39, 0.29) is 0 Å². The molecule has 1 rings (SSSR count). The summed E-state index contributed by atoms with van der Waals surface area (Å²) in [6.45, 7) is 1.96. The summed E-state index contributed by atoms with van der Waals surface area (Å²) >= 11 is 3.08. The number of hydrogen-bond donors (Lipinski definition) is 2. The van der Waals surface area contributed by atoms with Gasteiger partial charge in [-0.25, -0.2) is 4.79 Å². The zero-order valence-corrected chi connectivity index (χ0v) is 9.31. The molecule has 0 spiro atoms. The van der Waals surface area contributed by atoms with Crippen LogP contribution in [-0.2, 0) is 9.59 Å². The molecule has 1 aliphatic heterocycles. The highest BCUT2D eigenvalue weighted by Gasteiger charge is 2.47. The van der Waals surface area contributed by atoms with Crippen molar-refractivity contribution in [1.29, 1.82) is 0 Å². The molecule has 0 atom stereocenters. The van der Waals surface area contributed by atoms with Crippen LogP contribution in [0, 0.1) is 0 Å². The molecule has 0 saturated carbocycles. The molecule has 78 valence electrons. The van der Waals surface area contributed by atoms with Gasteiger partial charge in [-0.3, -0.25) is 20.2 Å². The molecule has 1 saturated heterocycles. The first kappa shape index (κ1) is 11.2. The Bertz CT molecular complexity index is 270. The number of barbiturate groups is 1. The summed E-state index contributed by atoms with van der Waals surface area (Å²) in [6.07, 6.45) is 2.00. The number of urea groups is 1. The quantitative estimate of drug-likeness (QED) is 0.580. The second kappa shape index (κ2) is 4.08. The molecule has 0 aromatic carbocycles. The van der Waals surface area contributed by atoms with Gasteiger partial charge in [0.15, 0.2) is 4.32 Å². The number of halogens is 1. The van der Waals surface area contributed by atoms with Crippen LogP contribution in [0.4, 0.5) is 4.79 Å². The fourth-order valence-electron chi connectivity index (χ4n) is 1.19. The third kappa shape index (κ3) is 1.95. The molecule has 0 aliphatic carbocycles. The molecule has 6 heteroatoms. The molecule has 1 fully saturated rings. The minimum atomic E-state index is -1.28. The van der Waals surface area contributed by atoms with E-state index in [2.05, 4.69) is 26.6 Å². The van der Waals surface area contributed by atoms with E-state index in [0.29, 0.717) is 6.42 Å². The molecule has 1 heterocycles. The molecule has 0 bridgehead atoms. The van der Waals surface area contributed by atoms with Crippen molar-refractivity contribution >= 4 is 33.8 Å². The molecular weight excluding hydrogens is 252 g/mol. The SMILES string of the molecule is CCCCC1(Br)C(=O)NC(=O)NC1=O. The Morgan fingerprint density at radius 3 is 2.14 bits per heavy atom. The van der Waals surface area contributed by atoms with Gasteiger partial charge >= 0.3 is 6.03 Å². The van der Waals surface area contributed by atoms with Gasteiger partial charge in [0.05, 0.1) is 0 Å². The van der Waals surface area contributed by atoms with Crippen LogP contribution in [0.15, 0.2) is 0 Å². The summed E-state index contributed by atoms with van der Waals surface area (Å²) in [5, 5.41) is 4.10. The van der Waals surface area contributed by atoms with Crippen molar-refractivity contribution in [2.24, 2.45) is 0 Å². The summed E-state index contributed by atoms with van der Waals surface area (Å²) < 4.78 is -1.28. The van der Waals surface area contributed by atoms with Gasteiger partial charge in [0.2, 0.25) is 0 Å². The van der Waals surface area contributed by atoms with Gasteiger partial charge in [-0.2, -0.15) is 0 Å². The van der Waals surface area contributed by atoms with Crippen molar-refractivity contribution in [2.75, 3.05) is 0 Å². The van der Waals surface area contributed by atoms with Gasteiger partial charge in [0.1, 0.15) is 0 Å². The topological polar surface area (TPSA) is 75.3 Å². The van der Waals surface area contributed by atoms with Crippen LogP contribution in [0.5, 0.6) is 0 Å². The molecule has 1 aliphatic rings. The molecule has 0 aromatic rings. The lowest BCUT2D eigenvalue weighted by Crippen LogP contribution is -2.63. The third-order valence-electron chi connectivity index (χ3n) is 2.05. The van der Waals surface area contributed by atoms with Crippen molar-refractivity contribution < 1.29 is 14.4 Å². The number of amides is 4. The molecule has 2 N–H and O–H groups in total. The van der Waals surface area contributed by atoms with Gasteiger partial charge in [0.25, 0.3) is 11.8 Å². The number of carbonyl (C=O) groups excluding carboxylic acids is 3. The van der Waals surface area contributed by atoms with E-state index in [4.69, 9.17) is 0 Å². The zero-order chi connectivity index (χ0) is 10.8. The Hall–Kier alpha value is -0.910. The average molecular weight is 263 g/mol. The van der Waals surface area contributed by atoms with Crippen molar-refractivity contribution in [2.45, 2.75) is 30.5 Å². The average Bonchev–Trinajstić information content (AvgIpc) is 2.11. The van der Waals surface area contributed by atoms with Crippen LogP contribution in [0.3, 0.4) is 0 Å². The van der Waals surface area contributed by atoms with Crippen LogP contribution in [0.2, 0.25) is 0 Å². The first-order chi connectivity index (χ1) is 6.50. The van der Waals surface area contributed by atoms with E-state index in [1.165, 1.54) is 0 Å². The maximum absolute atomic E-state index is 11.4. The van der Waals surface area contributed by atoms with E-state index in [1.807, 2.05) is 6.92 Å². The number of imide groups is 2. The highest BCUT2D eigenvalue weighted by molar-refractivity contribution is 9.10. The number of nitrogens with one attached hydrogen (secondary N) is 2. The lowest BCUT2D eigenvalue weighted by molar-refractivity contribution is -0.133. The molecule has 0 aromatic heterocycles. The smallest absolute Gasteiger partial charge is 0.276 e. The van der Waals surface area contributed by atoms with E-state index in [0.717, 1.165) is 12.8 Å². The van der Waals surface area contributed by atoms with Crippen LogP contribution >= 0.6 is 15.9 Å². The van der Waals surface area contributed by atoms with E-state index >= 15 is 0 Å². The van der Waals surface area contributed by atoms with Gasteiger partial charge in [-0.05, 0) is 6.42 Å². The molecular formula is C8H11BrN2O3. The number of rotatable bonds is 3. The standard InChI is InChI=1S/C8H11BrN2O3/c1-2-3-4-8(9)5(12)10-7(14)11-6(8)13/h2-4H2,1H3,(H2,10,11,12,13,14). The van der Waals surface area contributed by atoms with Gasteiger partial charge in [0, 0.05) is 0 Å². The van der Waals surface area contributed by atoms with Gasteiger partial charge in [-0.1, -0.05) is 35.7 Å². The number of hydrogen-bond acceptors (Lipinski definition) is 3. The van der Waals surface area contributed by atoms with Crippen molar-refractivity contribution in [1.82, 2.24) is 10.6 Å². The Balaban J connectivity index is 2.79. The zero-order valence-electron chi connectivity index (χ0n) is 7.72. The Labute approximate surface area is 89.7 Å². The summed E-state index contributed by atoms with van der Waals surface area (Å²) in [5.41, 5.74) is 0. The molecule has 0 unspecified atom stereocenters. The summed E-state index contributed by atoms with van der Waals surface area (Å²) in [5.74, 6) is -1.17. The number of unbranched alkanes of at least 4 members (excludes halogenated alkanes) is 1. The van der Waals surface area contributed by atoms with Crippen molar-refractivity contribution in [3.63, 3.8) is 0 Å². The fraction of sp³-hybridized carbons (Fsp3) is 0.625. The normalized spacial score (nSPS) is 20.3. The van der Waals surface area contributed by atoms with Crippen LogP contribution in [0.1, 0.15) is 26.2 Å². The largest absolute Gasteiger partial charge is 0.328 e. The summed E-state index contributed by atoms with van der Waals surface area (Å²) in [4.78, 5) is 33.6. The molecule has 0 radical (unpaired) electrons.